The first kappa shape index (κ1) is 22.5. The van der Waals surface area contributed by atoms with Crippen molar-refractivity contribution < 1.29 is 21.6 Å². The number of hydrogen-bond acceptors (Lipinski definition) is 5. The molecule has 0 bridgehead atoms. The van der Waals surface area contributed by atoms with Crippen LogP contribution in [-0.4, -0.2) is 64.4 Å². The number of rotatable bonds is 5. The van der Waals surface area contributed by atoms with Gasteiger partial charge in [0.2, 0.25) is 20.0 Å². The quantitative estimate of drug-likeness (QED) is 0.719. The highest BCUT2D eigenvalue weighted by Gasteiger charge is 2.31. The van der Waals surface area contributed by atoms with Crippen molar-refractivity contribution in [3.63, 3.8) is 0 Å². The lowest BCUT2D eigenvalue weighted by Gasteiger charge is -2.34. The fourth-order valence-electron chi connectivity index (χ4n) is 3.13. The smallest absolute Gasteiger partial charge is 0.255 e. The molecule has 30 heavy (non-hydrogen) atoms. The molecule has 1 saturated heterocycles. The molecule has 11 heteroatoms. The van der Waals surface area contributed by atoms with E-state index in [9.17, 15) is 21.6 Å². The fraction of sp³-hybridized carbons (Fsp3) is 0.316. The van der Waals surface area contributed by atoms with Crippen LogP contribution in [0, 0.1) is 6.92 Å². The lowest BCUT2D eigenvalue weighted by Crippen LogP contribution is -2.50. The Kier molecular flexibility index (Phi) is 6.42. The summed E-state index contributed by atoms with van der Waals surface area (Å²) in [4.78, 5) is 14.6. The number of anilines is 1. The zero-order chi connectivity index (χ0) is 22.1. The molecule has 0 atom stereocenters. The summed E-state index contributed by atoms with van der Waals surface area (Å²) in [7, 11) is -7.08. The van der Waals surface area contributed by atoms with Gasteiger partial charge in [0, 0.05) is 31.9 Å². The summed E-state index contributed by atoms with van der Waals surface area (Å²) in [6.45, 7) is 2.68. The number of halogens is 1. The van der Waals surface area contributed by atoms with Crippen LogP contribution in [0.4, 0.5) is 5.69 Å². The minimum atomic E-state index is -3.62. The Hall–Kier alpha value is -2.14. The summed E-state index contributed by atoms with van der Waals surface area (Å²) in [6.07, 6.45) is 1.02. The zero-order valence-corrected chi connectivity index (χ0v) is 18.9. The minimum absolute atomic E-state index is 0.114. The number of benzene rings is 2. The number of nitrogens with one attached hydrogen (secondary N) is 1. The Morgan fingerprint density at radius 3 is 2.10 bits per heavy atom. The Morgan fingerprint density at radius 1 is 0.967 bits per heavy atom. The molecule has 3 rings (SSSR count). The maximum Gasteiger partial charge on any atom is 0.255 e. The van der Waals surface area contributed by atoms with Gasteiger partial charge in [0.1, 0.15) is 0 Å². The summed E-state index contributed by atoms with van der Waals surface area (Å²) in [5.41, 5.74) is 1.46. The van der Waals surface area contributed by atoms with Crippen molar-refractivity contribution in [2.45, 2.75) is 11.8 Å². The van der Waals surface area contributed by atoms with Crippen molar-refractivity contribution in [2.24, 2.45) is 0 Å². The van der Waals surface area contributed by atoms with E-state index in [4.69, 9.17) is 11.6 Å². The molecule has 0 aliphatic carbocycles. The van der Waals surface area contributed by atoms with Gasteiger partial charge in [-0.15, -0.1) is 0 Å². The first-order chi connectivity index (χ1) is 14.0. The molecular formula is C19H22ClN3O5S2. The standard InChI is InChI=1S/C19H22ClN3O5S2/c1-14-3-6-16(7-4-14)30(27,28)23-11-9-22(10-12-23)19(24)17-8-5-15(13-18(17)20)21-29(2,25)26/h3-8,13,21H,9-12H2,1-2H3. The zero-order valence-electron chi connectivity index (χ0n) is 16.5. The van der Waals surface area contributed by atoms with Crippen molar-refractivity contribution in [3.05, 3.63) is 58.6 Å². The van der Waals surface area contributed by atoms with Crippen LogP contribution in [0.1, 0.15) is 15.9 Å². The average molecular weight is 472 g/mol. The molecule has 0 saturated carbocycles. The third kappa shape index (κ3) is 5.12. The van der Waals surface area contributed by atoms with E-state index in [1.807, 2.05) is 6.92 Å². The number of sulfonamides is 2. The van der Waals surface area contributed by atoms with E-state index in [0.29, 0.717) is 0 Å². The molecule has 2 aromatic carbocycles. The first-order valence-corrected chi connectivity index (χ1v) is 12.8. The molecule has 8 nitrogen and oxygen atoms in total. The molecule has 162 valence electrons. The second-order valence-corrected chi connectivity index (χ2v) is 11.2. The number of piperazine rings is 1. The summed E-state index contributed by atoms with van der Waals surface area (Å²) >= 11 is 6.18. The van der Waals surface area contributed by atoms with Gasteiger partial charge in [-0.05, 0) is 37.3 Å². The van der Waals surface area contributed by atoms with Crippen LogP contribution in [-0.2, 0) is 20.0 Å². The first-order valence-electron chi connectivity index (χ1n) is 9.11. The van der Waals surface area contributed by atoms with E-state index in [0.717, 1.165) is 11.8 Å². The molecule has 1 N–H and O–H groups in total. The molecule has 0 spiro atoms. The maximum absolute atomic E-state index is 12.8. The molecule has 1 aliphatic rings. The van der Waals surface area contributed by atoms with E-state index in [2.05, 4.69) is 4.72 Å². The van der Waals surface area contributed by atoms with Gasteiger partial charge in [0.25, 0.3) is 5.91 Å². The Bertz CT molecular complexity index is 1160. The Balaban J connectivity index is 1.69. The summed E-state index contributed by atoms with van der Waals surface area (Å²) in [5, 5.41) is 0.114. The number of carbonyl (C=O) groups excluding carboxylic acids is 1. The van der Waals surface area contributed by atoms with Crippen molar-refractivity contribution in [1.29, 1.82) is 0 Å². The molecule has 1 aliphatic heterocycles. The fourth-order valence-corrected chi connectivity index (χ4v) is 5.37. The molecule has 0 radical (unpaired) electrons. The monoisotopic (exact) mass is 471 g/mol. The van der Waals surface area contributed by atoms with E-state index < -0.39 is 20.0 Å². The SMILES string of the molecule is Cc1ccc(S(=O)(=O)N2CCN(C(=O)c3ccc(NS(C)(=O)=O)cc3Cl)CC2)cc1. The molecule has 2 aromatic rings. The van der Waals surface area contributed by atoms with Crippen molar-refractivity contribution in [3.8, 4) is 0 Å². The average Bonchev–Trinajstić information content (AvgIpc) is 2.67. The Morgan fingerprint density at radius 2 is 1.57 bits per heavy atom. The molecule has 1 amide bonds. The van der Waals surface area contributed by atoms with Crippen LogP contribution >= 0.6 is 11.6 Å². The predicted molar refractivity (Wildman–Crippen MR) is 116 cm³/mol. The number of aryl methyl sites for hydroxylation is 1. The topological polar surface area (TPSA) is 104 Å². The highest BCUT2D eigenvalue weighted by Crippen LogP contribution is 2.24. The van der Waals surface area contributed by atoms with E-state index in [1.165, 1.54) is 27.4 Å². The van der Waals surface area contributed by atoms with Gasteiger partial charge in [-0.3, -0.25) is 9.52 Å². The molecule has 0 unspecified atom stereocenters. The van der Waals surface area contributed by atoms with E-state index in [1.54, 1.807) is 24.3 Å². The van der Waals surface area contributed by atoms with Crippen molar-refractivity contribution >= 4 is 43.2 Å². The van der Waals surface area contributed by atoms with Crippen molar-refractivity contribution in [2.75, 3.05) is 37.2 Å². The predicted octanol–water partition coefficient (Wildman–Crippen LogP) is 2.17. The summed E-state index contributed by atoms with van der Waals surface area (Å²) in [6, 6.07) is 10.9. The van der Waals surface area contributed by atoms with Gasteiger partial charge < -0.3 is 4.90 Å². The van der Waals surface area contributed by atoms with E-state index >= 15 is 0 Å². The number of hydrogen-bond donors (Lipinski definition) is 1. The molecule has 0 aromatic heterocycles. The third-order valence-corrected chi connectivity index (χ3v) is 7.52. The Labute approximate surface area is 181 Å². The highest BCUT2D eigenvalue weighted by molar-refractivity contribution is 7.92. The van der Waals surface area contributed by atoms with Crippen molar-refractivity contribution in [1.82, 2.24) is 9.21 Å². The van der Waals surface area contributed by atoms with Gasteiger partial charge in [-0.2, -0.15) is 4.31 Å². The van der Waals surface area contributed by atoms with Gasteiger partial charge in [0.05, 0.1) is 21.7 Å². The summed E-state index contributed by atoms with van der Waals surface area (Å²) < 4.78 is 51.9. The van der Waals surface area contributed by atoms with Crippen LogP contribution in [0.15, 0.2) is 47.4 Å². The minimum Gasteiger partial charge on any atom is -0.336 e. The van der Waals surface area contributed by atoms with Crippen LogP contribution in [0.25, 0.3) is 0 Å². The van der Waals surface area contributed by atoms with Gasteiger partial charge in [-0.1, -0.05) is 29.3 Å². The van der Waals surface area contributed by atoms with Gasteiger partial charge in [0.15, 0.2) is 0 Å². The van der Waals surface area contributed by atoms with Crippen LogP contribution in [0.5, 0.6) is 0 Å². The number of nitrogens with zero attached hydrogens (tertiary/aromatic N) is 2. The van der Waals surface area contributed by atoms with Gasteiger partial charge >= 0.3 is 0 Å². The van der Waals surface area contributed by atoms with Crippen LogP contribution in [0.2, 0.25) is 5.02 Å². The molecule has 1 fully saturated rings. The molecular weight excluding hydrogens is 450 g/mol. The van der Waals surface area contributed by atoms with E-state index in [-0.39, 0.29) is 53.3 Å². The third-order valence-electron chi connectivity index (χ3n) is 4.69. The maximum atomic E-state index is 12.8. The lowest BCUT2D eigenvalue weighted by molar-refractivity contribution is 0.0698. The number of carbonyl (C=O) groups is 1. The number of amides is 1. The lowest BCUT2D eigenvalue weighted by atomic mass is 10.1. The second kappa shape index (κ2) is 8.54. The van der Waals surface area contributed by atoms with Gasteiger partial charge in [-0.25, -0.2) is 16.8 Å². The van der Waals surface area contributed by atoms with Crippen LogP contribution in [0.3, 0.4) is 0 Å². The second-order valence-electron chi connectivity index (χ2n) is 7.08. The van der Waals surface area contributed by atoms with Crippen LogP contribution < -0.4 is 4.72 Å². The normalized spacial score (nSPS) is 15.8. The summed E-state index contributed by atoms with van der Waals surface area (Å²) in [5.74, 6) is -0.335. The highest BCUT2D eigenvalue weighted by atomic mass is 35.5. The molecule has 1 heterocycles. The largest absolute Gasteiger partial charge is 0.336 e.